The van der Waals surface area contributed by atoms with Crippen molar-refractivity contribution in [3.63, 3.8) is 0 Å². The van der Waals surface area contributed by atoms with Crippen molar-refractivity contribution in [1.29, 1.82) is 0 Å². The number of hydrogen-bond acceptors (Lipinski definition) is 7. The van der Waals surface area contributed by atoms with Crippen LogP contribution in [0.3, 0.4) is 0 Å². The molecule has 1 N–H and O–H groups in total. The predicted molar refractivity (Wildman–Crippen MR) is 96.2 cm³/mol. The van der Waals surface area contributed by atoms with Crippen LogP contribution in [0.2, 0.25) is 0 Å². The number of hydrazone groups is 1. The zero-order valence-corrected chi connectivity index (χ0v) is 14.2. The number of rotatable bonds is 5. The summed E-state index contributed by atoms with van der Waals surface area (Å²) in [6.45, 7) is 0. The van der Waals surface area contributed by atoms with E-state index in [9.17, 15) is 24.6 Å². The van der Waals surface area contributed by atoms with Crippen LogP contribution in [-0.4, -0.2) is 20.5 Å². The summed E-state index contributed by atoms with van der Waals surface area (Å²) in [5, 5.41) is 26.7. The van der Waals surface area contributed by atoms with E-state index < -0.39 is 15.8 Å². The second-order valence-electron chi connectivity index (χ2n) is 6.12. The van der Waals surface area contributed by atoms with Gasteiger partial charge in [0, 0.05) is 23.3 Å². The standard InChI is InChI=1S/C17H16FN5O4/c18-16-6-3-7-17(19-16)21-20-14-5-2-1-4-12(14)13-9-8-11(22(24)25)10-15(13)23(26)27/h3,6-10,12H,1-2,4-5H2,(H,19,21). The monoisotopic (exact) mass is 373 g/mol. The molecule has 1 heterocycles. The molecule has 1 aromatic heterocycles. The molecule has 1 aromatic carbocycles. The third-order valence-corrected chi connectivity index (χ3v) is 4.40. The number of nitro groups is 2. The average Bonchev–Trinajstić information content (AvgIpc) is 2.66. The van der Waals surface area contributed by atoms with Gasteiger partial charge in [-0.2, -0.15) is 9.49 Å². The fourth-order valence-corrected chi connectivity index (χ4v) is 3.16. The molecule has 27 heavy (non-hydrogen) atoms. The van der Waals surface area contributed by atoms with Crippen molar-refractivity contribution in [1.82, 2.24) is 4.98 Å². The molecular weight excluding hydrogens is 357 g/mol. The Morgan fingerprint density at radius 2 is 1.96 bits per heavy atom. The molecule has 1 saturated carbocycles. The maximum Gasteiger partial charge on any atom is 0.280 e. The molecule has 1 atom stereocenters. The van der Waals surface area contributed by atoms with Gasteiger partial charge in [0.1, 0.15) is 5.82 Å². The highest BCUT2D eigenvalue weighted by Gasteiger charge is 2.30. The van der Waals surface area contributed by atoms with Gasteiger partial charge in [-0.3, -0.25) is 25.7 Å². The first-order valence-electron chi connectivity index (χ1n) is 8.33. The van der Waals surface area contributed by atoms with E-state index >= 15 is 0 Å². The normalized spacial score (nSPS) is 18.3. The van der Waals surface area contributed by atoms with Crippen LogP contribution < -0.4 is 5.43 Å². The van der Waals surface area contributed by atoms with Gasteiger partial charge in [-0.25, -0.2) is 4.98 Å². The largest absolute Gasteiger partial charge is 0.280 e. The molecule has 0 saturated heterocycles. The minimum absolute atomic E-state index is 0.227. The summed E-state index contributed by atoms with van der Waals surface area (Å²) in [6.07, 6.45) is 2.97. The molecule has 10 heteroatoms. The number of non-ortho nitro benzene ring substituents is 1. The Balaban J connectivity index is 1.94. The number of benzene rings is 1. The zero-order chi connectivity index (χ0) is 19.4. The molecule has 1 unspecified atom stereocenters. The molecule has 140 valence electrons. The van der Waals surface area contributed by atoms with Crippen LogP contribution in [0.4, 0.5) is 21.6 Å². The smallest absolute Gasteiger partial charge is 0.261 e. The van der Waals surface area contributed by atoms with Crippen LogP contribution >= 0.6 is 0 Å². The van der Waals surface area contributed by atoms with E-state index in [1.807, 2.05) is 0 Å². The number of aromatic nitrogens is 1. The molecule has 0 bridgehead atoms. The van der Waals surface area contributed by atoms with E-state index in [2.05, 4.69) is 15.5 Å². The van der Waals surface area contributed by atoms with E-state index in [1.54, 1.807) is 6.07 Å². The van der Waals surface area contributed by atoms with E-state index in [0.29, 0.717) is 24.1 Å². The van der Waals surface area contributed by atoms with Crippen LogP contribution in [0, 0.1) is 26.2 Å². The van der Waals surface area contributed by atoms with Crippen LogP contribution in [0.25, 0.3) is 0 Å². The molecule has 1 fully saturated rings. The second-order valence-corrected chi connectivity index (χ2v) is 6.12. The highest BCUT2D eigenvalue weighted by atomic mass is 19.1. The van der Waals surface area contributed by atoms with Crippen molar-refractivity contribution in [3.05, 3.63) is 68.1 Å². The first-order chi connectivity index (χ1) is 13.0. The Kier molecular flexibility index (Phi) is 5.34. The SMILES string of the molecule is O=[N+]([O-])c1ccc(C2CCCCC2=NNc2cccc(F)n2)c([N+](=O)[O-])c1. The predicted octanol–water partition coefficient (Wildman–Crippen LogP) is 4.16. The summed E-state index contributed by atoms with van der Waals surface area (Å²) in [6, 6.07) is 7.91. The quantitative estimate of drug-likeness (QED) is 0.477. The summed E-state index contributed by atoms with van der Waals surface area (Å²) in [5.74, 6) is -0.766. The van der Waals surface area contributed by atoms with Gasteiger partial charge >= 0.3 is 0 Å². The summed E-state index contributed by atoms with van der Waals surface area (Å²) >= 11 is 0. The molecular formula is C17H16FN5O4. The van der Waals surface area contributed by atoms with Crippen LogP contribution in [-0.2, 0) is 0 Å². The van der Waals surface area contributed by atoms with Gasteiger partial charge in [-0.15, -0.1) is 0 Å². The first-order valence-corrected chi connectivity index (χ1v) is 8.33. The van der Waals surface area contributed by atoms with Crippen LogP contribution in [0.1, 0.15) is 37.2 Å². The highest BCUT2D eigenvalue weighted by Crippen LogP contribution is 2.37. The van der Waals surface area contributed by atoms with Crippen molar-refractivity contribution < 1.29 is 14.2 Å². The minimum atomic E-state index is -0.663. The molecule has 1 aliphatic carbocycles. The number of pyridine rings is 1. The average molecular weight is 373 g/mol. The van der Waals surface area contributed by atoms with E-state index in [-0.39, 0.29) is 23.1 Å². The molecule has 3 rings (SSSR count). The maximum absolute atomic E-state index is 13.2. The second kappa shape index (κ2) is 7.85. The van der Waals surface area contributed by atoms with Crippen molar-refractivity contribution >= 4 is 22.9 Å². The maximum atomic E-state index is 13.2. The molecule has 0 amide bonds. The molecule has 9 nitrogen and oxygen atoms in total. The van der Waals surface area contributed by atoms with Gasteiger partial charge in [0.2, 0.25) is 5.95 Å². The Bertz CT molecular complexity index is 918. The number of halogens is 1. The first kappa shape index (κ1) is 18.4. The Labute approximate surface area is 153 Å². The molecule has 2 aromatic rings. The van der Waals surface area contributed by atoms with Gasteiger partial charge in [-0.05, 0) is 37.5 Å². The van der Waals surface area contributed by atoms with Gasteiger partial charge < -0.3 is 0 Å². The lowest BCUT2D eigenvalue weighted by Gasteiger charge is -2.24. The van der Waals surface area contributed by atoms with Crippen molar-refractivity contribution in [2.24, 2.45) is 5.10 Å². The molecule has 0 spiro atoms. The van der Waals surface area contributed by atoms with E-state index in [4.69, 9.17) is 0 Å². The summed E-state index contributed by atoms with van der Waals surface area (Å²) in [4.78, 5) is 24.8. The lowest BCUT2D eigenvalue weighted by atomic mass is 9.81. The Morgan fingerprint density at radius 3 is 2.67 bits per heavy atom. The van der Waals surface area contributed by atoms with Gasteiger partial charge in [0.15, 0.2) is 0 Å². The number of nitrogens with zero attached hydrogens (tertiary/aromatic N) is 4. The highest BCUT2D eigenvalue weighted by molar-refractivity contribution is 5.93. The number of nitrogens with one attached hydrogen (secondary N) is 1. The minimum Gasteiger partial charge on any atom is -0.261 e. The number of anilines is 1. The van der Waals surface area contributed by atoms with E-state index in [0.717, 1.165) is 18.9 Å². The number of nitro benzene ring substituents is 2. The Hall–Kier alpha value is -3.43. The lowest BCUT2D eigenvalue weighted by molar-refractivity contribution is -0.394. The fraction of sp³-hybridized carbons (Fsp3) is 0.294. The van der Waals surface area contributed by atoms with Crippen molar-refractivity contribution in [3.8, 4) is 0 Å². The topological polar surface area (TPSA) is 124 Å². The molecule has 1 aliphatic rings. The van der Waals surface area contributed by atoms with E-state index in [1.165, 1.54) is 24.3 Å². The molecule has 0 radical (unpaired) electrons. The summed E-state index contributed by atoms with van der Waals surface area (Å²) in [5.41, 5.74) is 3.12. The van der Waals surface area contributed by atoms with Gasteiger partial charge in [0.05, 0.1) is 15.9 Å². The van der Waals surface area contributed by atoms with Gasteiger partial charge in [0.25, 0.3) is 11.4 Å². The summed E-state index contributed by atoms with van der Waals surface area (Å²) in [7, 11) is 0. The van der Waals surface area contributed by atoms with Crippen LogP contribution in [0.15, 0.2) is 41.5 Å². The molecule has 0 aliphatic heterocycles. The van der Waals surface area contributed by atoms with Gasteiger partial charge in [-0.1, -0.05) is 12.5 Å². The Morgan fingerprint density at radius 1 is 1.15 bits per heavy atom. The zero-order valence-electron chi connectivity index (χ0n) is 14.2. The van der Waals surface area contributed by atoms with Crippen molar-refractivity contribution in [2.45, 2.75) is 31.6 Å². The number of hydrogen-bond donors (Lipinski definition) is 1. The van der Waals surface area contributed by atoms with Crippen LogP contribution in [0.5, 0.6) is 0 Å². The summed E-state index contributed by atoms with van der Waals surface area (Å²) < 4.78 is 13.2. The van der Waals surface area contributed by atoms with Crippen molar-refractivity contribution in [2.75, 3.05) is 5.43 Å². The third kappa shape index (κ3) is 4.22. The fourth-order valence-electron chi connectivity index (χ4n) is 3.16. The third-order valence-electron chi connectivity index (χ3n) is 4.40. The lowest BCUT2D eigenvalue weighted by Crippen LogP contribution is -2.20.